The van der Waals surface area contributed by atoms with Gasteiger partial charge in [-0.1, -0.05) is 26.0 Å². The third-order valence-corrected chi connectivity index (χ3v) is 5.51. The molecule has 0 fully saturated rings. The fraction of sp³-hybridized carbons (Fsp3) is 0.304. The first-order valence-corrected chi connectivity index (χ1v) is 9.51. The number of hydrogen-bond acceptors (Lipinski definition) is 3. The van der Waals surface area contributed by atoms with Crippen molar-refractivity contribution in [1.82, 2.24) is 9.97 Å². The van der Waals surface area contributed by atoms with Crippen molar-refractivity contribution in [2.24, 2.45) is 0 Å². The Hall–Kier alpha value is -2.68. The summed E-state index contributed by atoms with van der Waals surface area (Å²) in [5.41, 5.74) is 7.69. The first-order valence-electron chi connectivity index (χ1n) is 9.51. The van der Waals surface area contributed by atoms with Gasteiger partial charge in [0.1, 0.15) is 5.58 Å². The number of furan rings is 1. The molecule has 0 unspecified atom stereocenters. The van der Waals surface area contributed by atoms with E-state index >= 15 is 0 Å². The van der Waals surface area contributed by atoms with E-state index in [0.717, 1.165) is 51.9 Å². The quantitative estimate of drug-likeness (QED) is 0.445. The molecule has 4 aromatic rings. The molecule has 3 heterocycles. The largest absolute Gasteiger partial charge is 0.437 e. The molecule has 1 aliphatic carbocycles. The van der Waals surface area contributed by atoms with Crippen molar-refractivity contribution in [3.05, 3.63) is 59.4 Å². The van der Waals surface area contributed by atoms with Crippen molar-refractivity contribution >= 4 is 22.1 Å². The topological polar surface area (TPSA) is 38.9 Å². The first kappa shape index (κ1) is 15.6. The highest BCUT2D eigenvalue weighted by molar-refractivity contribution is 6.08. The van der Waals surface area contributed by atoms with Crippen LogP contribution in [0.25, 0.3) is 33.3 Å². The van der Waals surface area contributed by atoms with E-state index in [-0.39, 0.29) is 0 Å². The summed E-state index contributed by atoms with van der Waals surface area (Å²) < 4.78 is 6.27. The Balaban J connectivity index is 1.78. The minimum Gasteiger partial charge on any atom is -0.437 e. The second-order valence-electron chi connectivity index (χ2n) is 7.53. The molecule has 0 radical (unpaired) electrons. The SMILES string of the molecule is CC(C)c1ccc2c(n1)oc1c(-c3nccc4c3CCCC4)cccc12. The van der Waals surface area contributed by atoms with E-state index in [1.165, 1.54) is 24.0 Å². The highest BCUT2D eigenvalue weighted by Crippen LogP contribution is 2.38. The predicted octanol–water partition coefficient (Wildman–Crippen LogP) is 6.05. The smallest absolute Gasteiger partial charge is 0.227 e. The van der Waals surface area contributed by atoms with Gasteiger partial charge in [-0.2, -0.15) is 0 Å². The standard InChI is InChI=1S/C23H22N2O/c1-14(2)20-11-10-18-17-8-5-9-19(22(17)26-23(18)25-20)21-16-7-4-3-6-15(16)12-13-24-21/h5,8-14H,3-4,6-7H2,1-2H3. The summed E-state index contributed by atoms with van der Waals surface area (Å²) in [5, 5.41) is 2.20. The zero-order valence-electron chi connectivity index (χ0n) is 15.2. The van der Waals surface area contributed by atoms with E-state index in [4.69, 9.17) is 14.4 Å². The van der Waals surface area contributed by atoms with Gasteiger partial charge in [0.15, 0.2) is 0 Å². The fourth-order valence-corrected chi connectivity index (χ4v) is 4.10. The summed E-state index contributed by atoms with van der Waals surface area (Å²) in [4.78, 5) is 9.50. The Kier molecular flexibility index (Phi) is 3.56. The molecule has 3 nitrogen and oxygen atoms in total. The molecule has 0 spiro atoms. The highest BCUT2D eigenvalue weighted by atomic mass is 16.3. The number of rotatable bonds is 2. The number of aromatic nitrogens is 2. The Labute approximate surface area is 153 Å². The van der Waals surface area contributed by atoms with E-state index < -0.39 is 0 Å². The lowest BCUT2D eigenvalue weighted by molar-refractivity contribution is 0.647. The van der Waals surface area contributed by atoms with Gasteiger partial charge >= 0.3 is 0 Å². The summed E-state index contributed by atoms with van der Waals surface area (Å²) in [5.74, 6) is 0.384. The van der Waals surface area contributed by atoms with E-state index in [1.54, 1.807) is 0 Å². The molecule has 0 N–H and O–H groups in total. The van der Waals surface area contributed by atoms with Crippen LogP contribution in [0.4, 0.5) is 0 Å². The fourth-order valence-electron chi connectivity index (χ4n) is 4.10. The number of fused-ring (bicyclic) bond motifs is 4. The molecule has 26 heavy (non-hydrogen) atoms. The number of pyridine rings is 2. The molecule has 130 valence electrons. The molecule has 0 bridgehead atoms. The minimum atomic E-state index is 0.384. The van der Waals surface area contributed by atoms with Crippen LogP contribution in [0, 0.1) is 0 Å². The van der Waals surface area contributed by atoms with Crippen LogP contribution in [-0.4, -0.2) is 9.97 Å². The molecule has 0 saturated heterocycles. The van der Waals surface area contributed by atoms with Crippen LogP contribution in [0.3, 0.4) is 0 Å². The molecule has 0 saturated carbocycles. The average molecular weight is 342 g/mol. The van der Waals surface area contributed by atoms with Gasteiger partial charge in [0.05, 0.1) is 5.69 Å². The van der Waals surface area contributed by atoms with Crippen LogP contribution >= 0.6 is 0 Å². The van der Waals surface area contributed by atoms with Gasteiger partial charge in [-0.15, -0.1) is 0 Å². The maximum Gasteiger partial charge on any atom is 0.227 e. The molecule has 5 rings (SSSR count). The molecule has 3 heteroatoms. The monoisotopic (exact) mass is 342 g/mol. The second kappa shape index (κ2) is 5.94. The first-order chi connectivity index (χ1) is 12.7. The van der Waals surface area contributed by atoms with Gasteiger partial charge in [0, 0.05) is 28.2 Å². The summed E-state index contributed by atoms with van der Waals surface area (Å²) in [6, 6.07) is 12.8. The second-order valence-corrected chi connectivity index (χ2v) is 7.53. The summed E-state index contributed by atoms with van der Waals surface area (Å²) in [6.07, 6.45) is 6.70. The van der Waals surface area contributed by atoms with E-state index in [0.29, 0.717) is 5.92 Å². The molecule has 1 aliphatic rings. The molecule has 3 aromatic heterocycles. The van der Waals surface area contributed by atoms with Crippen LogP contribution in [-0.2, 0) is 12.8 Å². The van der Waals surface area contributed by atoms with Gasteiger partial charge in [0.2, 0.25) is 5.71 Å². The van der Waals surface area contributed by atoms with Gasteiger partial charge in [-0.25, -0.2) is 4.98 Å². The Morgan fingerprint density at radius 2 is 1.85 bits per heavy atom. The molecular weight excluding hydrogens is 320 g/mol. The summed E-state index contributed by atoms with van der Waals surface area (Å²) in [7, 11) is 0. The maximum atomic E-state index is 6.27. The van der Waals surface area contributed by atoms with E-state index in [1.807, 2.05) is 6.20 Å². The van der Waals surface area contributed by atoms with E-state index in [9.17, 15) is 0 Å². The molecular formula is C23H22N2O. The number of nitrogens with zero attached hydrogens (tertiary/aromatic N) is 2. The van der Waals surface area contributed by atoms with Crippen LogP contribution < -0.4 is 0 Å². The molecule has 1 aromatic carbocycles. The maximum absolute atomic E-state index is 6.27. The van der Waals surface area contributed by atoms with Crippen LogP contribution in [0.1, 0.15) is 49.4 Å². The molecule has 0 atom stereocenters. The zero-order chi connectivity index (χ0) is 17.7. The van der Waals surface area contributed by atoms with Gasteiger partial charge in [-0.3, -0.25) is 4.98 Å². The van der Waals surface area contributed by atoms with E-state index in [2.05, 4.69) is 50.2 Å². The zero-order valence-corrected chi connectivity index (χ0v) is 15.2. The Morgan fingerprint density at radius 1 is 0.962 bits per heavy atom. The number of aryl methyl sites for hydroxylation is 1. The lowest BCUT2D eigenvalue weighted by Crippen LogP contribution is -2.05. The summed E-state index contributed by atoms with van der Waals surface area (Å²) in [6.45, 7) is 4.31. The minimum absolute atomic E-state index is 0.384. The van der Waals surface area contributed by atoms with Gasteiger partial charge in [0.25, 0.3) is 0 Å². The van der Waals surface area contributed by atoms with Crippen molar-refractivity contribution in [2.75, 3.05) is 0 Å². The average Bonchev–Trinajstić information content (AvgIpc) is 3.05. The summed E-state index contributed by atoms with van der Waals surface area (Å²) >= 11 is 0. The van der Waals surface area contributed by atoms with Crippen molar-refractivity contribution in [3.8, 4) is 11.3 Å². The van der Waals surface area contributed by atoms with Crippen LogP contribution in [0.2, 0.25) is 0 Å². The lowest BCUT2D eigenvalue weighted by atomic mass is 9.89. The van der Waals surface area contributed by atoms with Crippen molar-refractivity contribution in [1.29, 1.82) is 0 Å². The van der Waals surface area contributed by atoms with Gasteiger partial charge in [-0.05, 0) is 67.0 Å². The normalized spacial score (nSPS) is 14.3. The van der Waals surface area contributed by atoms with Crippen molar-refractivity contribution < 1.29 is 4.42 Å². The third kappa shape index (κ3) is 2.34. The van der Waals surface area contributed by atoms with Crippen molar-refractivity contribution in [2.45, 2.75) is 45.4 Å². The van der Waals surface area contributed by atoms with Crippen LogP contribution in [0.15, 0.2) is 47.0 Å². The van der Waals surface area contributed by atoms with Gasteiger partial charge < -0.3 is 4.42 Å². The Morgan fingerprint density at radius 3 is 2.73 bits per heavy atom. The molecule has 0 aliphatic heterocycles. The Bertz CT molecular complexity index is 1120. The number of para-hydroxylation sites is 1. The highest BCUT2D eigenvalue weighted by Gasteiger charge is 2.20. The number of hydrogen-bond donors (Lipinski definition) is 0. The number of benzene rings is 1. The van der Waals surface area contributed by atoms with Crippen molar-refractivity contribution in [3.63, 3.8) is 0 Å². The van der Waals surface area contributed by atoms with Crippen LogP contribution in [0.5, 0.6) is 0 Å². The lowest BCUT2D eigenvalue weighted by Gasteiger charge is -2.18. The third-order valence-electron chi connectivity index (χ3n) is 5.51. The molecule has 0 amide bonds. The predicted molar refractivity (Wildman–Crippen MR) is 105 cm³/mol.